The number of hydrogen-bond acceptors (Lipinski definition) is 5. The maximum Gasteiger partial charge on any atom is 0.254 e. The van der Waals surface area contributed by atoms with Gasteiger partial charge in [0.25, 0.3) is 5.91 Å². The minimum Gasteiger partial charge on any atom is -0.328 e. The van der Waals surface area contributed by atoms with Gasteiger partial charge in [-0.3, -0.25) is 9.69 Å². The molecule has 0 radical (unpaired) electrons. The molecule has 0 atom stereocenters. The van der Waals surface area contributed by atoms with Crippen LogP contribution in [-0.4, -0.2) is 56.5 Å². The van der Waals surface area contributed by atoms with Crippen LogP contribution in [0.3, 0.4) is 0 Å². The Morgan fingerprint density at radius 3 is 2.71 bits per heavy atom. The Morgan fingerprint density at radius 1 is 1.19 bits per heavy atom. The summed E-state index contributed by atoms with van der Waals surface area (Å²) in [6, 6.07) is 8.01. The summed E-state index contributed by atoms with van der Waals surface area (Å²) in [5.74, 6) is 0.0645. The Balaban J connectivity index is 1.24. The molecule has 3 aromatic rings. The van der Waals surface area contributed by atoms with Crippen LogP contribution in [0.15, 0.2) is 24.3 Å². The predicted molar refractivity (Wildman–Crippen MR) is 118 cm³/mol. The first kappa shape index (κ1) is 19.2. The average Bonchev–Trinajstić information content (AvgIpc) is 3.26. The molecule has 1 N–H and O–H groups in total. The lowest BCUT2D eigenvalue weighted by Crippen LogP contribution is -2.70. The minimum absolute atomic E-state index is 0.0645. The second kappa shape index (κ2) is 6.76. The maximum absolute atomic E-state index is 13.5. The maximum atomic E-state index is 13.5. The van der Waals surface area contributed by atoms with Crippen LogP contribution in [0.2, 0.25) is 5.02 Å². The van der Waals surface area contributed by atoms with Crippen molar-refractivity contribution in [3.8, 4) is 0 Å². The number of carbonyl (C=O) groups is 1. The van der Waals surface area contributed by atoms with Gasteiger partial charge in [0.1, 0.15) is 0 Å². The second-order valence-electron chi connectivity index (χ2n) is 9.32. The number of likely N-dealkylation sites (tertiary alicyclic amines) is 1. The first-order valence-corrected chi connectivity index (χ1v) is 11.2. The van der Waals surface area contributed by atoms with E-state index in [1.165, 1.54) is 0 Å². The number of rotatable bonds is 3. The van der Waals surface area contributed by atoms with E-state index in [4.69, 9.17) is 16.7 Å². The Hall–Kier alpha value is -2.48. The highest BCUT2D eigenvalue weighted by atomic mass is 35.5. The summed E-state index contributed by atoms with van der Waals surface area (Å²) < 4.78 is 1.81. The van der Waals surface area contributed by atoms with Gasteiger partial charge in [0.05, 0.1) is 35.2 Å². The van der Waals surface area contributed by atoms with Gasteiger partial charge in [0.2, 0.25) is 0 Å². The fourth-order valence-corrected chi connectivity index (χ4v) is 5.37. The van der Waals surface area contributed by atoms with Crippen molar-refractivity contribution in [3.05, 3.63) is 63.1 Å². The van der Waals surface area contributed by atoms with Crippen molar-refractivity contribution in [1.82, 2.24) is 29.7 Å². The third-order valence-electron chi connectivity index (χ3n) is 7.00. The molecule has 0 unspecified atom stereocenters. The smallest absolute Gasteiger partial charge is 0.254 e. The molecule has 31 heavy (non-hydrogen) atoms. The van der Waals surface area contributed by atoms with Crippen LogP contribution in [-0.2, 0) is 19.6 Å². The number of nitrogens with one attached hydrogen (secondary N) is 1. The molecule has 0 aliphatic carbocycles. The lowest BCUT2D eigenvalue weighted by atomic mass is 9.74. The number of halogens is 1. The highest BCUT2D eigenvalue weighted by Gasteiger charge is 2.47. The molecule has 3 aliphatic heterocycles. The molecule has 2 saturated heterocycles. The average molecular weight is 437 g/mol. The van der Waals surface area contributed by atoms with Crippen molar-refractivity contribution in [2.45, 2.75) is 33.5 Å². The number of aromatic nitrogens is 3. The van der Waals surface area contributed by atoms with Gasteiger partial charge in [-0.15, -0.1) is 0 Å². The van der Waals surface area contributed by atoms with Crippen LogP contribution in [0.25, 0.3) is 5.65 Å². The topological polar surface area (TPSA) is 65.8 Å². The number of hydrogen-bond donors (Lipinski definition) is 1. The van der Waals surface area contributed by atoms with Gasteiger partial charge in [-0.05, 0) is 25.5 Å². The van der Waals surface area contributed by atoms with E-state index in [1.54, 1.807) is 0 Å². The number of amides is 1. The standard InChI is InChI=1S/C23H25ClN6O/c1-14-20(24)15(2)30-21(26-14)18-8-29(9-19(18)27-30)22(31)17-6-4-3-5-16(17)7-28-12-23(13-28)10-25-11-23/h3-6,25H,7-13H2,1-2H3. The summed E-state index contributed by atoms with van der Waals surface area (Å²) in [5.41, 5.74) is 6.79. The summed E-state index contributed by atoms with van der Waals surface area (Å²) in [7, 11) is 0. The zero-order chi connectivity index (χ0) is 21.3. The fourth-order valence-electron chi connectivity index (χ4n) is 5.25. The van der Waals surface area contributed by atoms with E-state index in [2.05, 4.69) is 21.3 Å². The molecule has 1 spiro atoms. The van der Waals surface area contributed by atoms with Crippen LogP contribution >= 0.6 is 11.6 Å². The van der Waals surface area contributed by atoms with Gasteiger partial charge in [-0.25, -0.2) is 9.50 Å². The summed E-state index contributed by atoms with van der Waals surface area (Å²) in [4.78, 5) is 22.4. The van der Waals surface area contributed by atoms with E-state index < -0.39 is 0 Å². The van der Waals surface area contributed by atoms with Crippen LogP contribution < -0.4 is 5.32 Å². The molecule has 1 aromatic carbocycles. The molecule has 3 aliphatic rings. The molecule has 7 nitrogen and oxygen atoms in total. The van der Waals surface area contributed by atoms with E-state index in [9.17, 15) is 4.79 Å². The van der Waals surface area contributed by atoms with E-state index in [0.29, 0.717) is 23.5 Å². The van der Waals surface area contributed by atoms with Crippen molar-refractivity contribution in [2.24, 2.45) is 5.41 Å². The number of nitrogens with zero attached hydrogens (tertiary/aromatic N) is 5. The molecule has 6 rings (SSSR count). The minimum atomic E-state index is 0.0645. The normalized spacial score (nSPS) is 19.5. The SMILES string of the molecule is Cc1nc2c3c(nn2c(C)c1Cl)CN(C(=O)c1ccccc1CN1CC2(CNC2)C1)C3. The van der Waals surface area contributed by atoms with Gasteiger partial charge in [0.15, 0.2) is 5.65 Å². The number of carbonyl (C=O) groups excluding carboxylic acids is 1. The zero-order valence-corrected chi connectivity index (χ0v) is 18.5. The van der Waals surface area contributed by atoms with Crippen molar-refractivity contribution in [1.29, 1.82) is 0 Å². The summed E-state index contributed by atoms with van der Waals surface area (Å²) in [5, 5.41) is 8.72. The molecule has 8 heteroatoms. The Labute approximate surface area is 186 Å². The molecule has 2 fully saturated rings. The van der Waals surface area contributed by atoms with Crippen molar-refractivity contribution in [3.63, 3.8) is 0 Å². The number of aryl methyl sites for hydroxylation is 2. The molecule has 0 saturated carbocycles. The quantitative estimate of drug-likeness (QED) is 0.683. The summed E-state index contributed by atoms with van der Waals surface area (Å²) >= 11 is 6.35. The van der Waals surface area contributed by atoms with Crippen molar-refractivity contribution < 1.29 is 4.79 Å². The van der Waals surface area contributed by atoms with Crippen LogP contribution in [0, 0.1) is 19.3 Å². The second-order valence-corrected chi connectivity index (χ2v) is 9.70. The van der Waals surface area contributed by atoms with E-state index >= 15 is 0 Å². The fraction of sp³-hybridized carbons (Fsp3) is 0.435. The molecular formula is C23H25ClN6O. The third kappa shape index (κ3) is 2.91. The van der Waals surface area contributed by atoms with Crippen LogP contribution in [0.1, 0.15) is 38.6 Å². The number of benzene rings is 1. The number of fused-ring (bicyclic) bond motifs is 3. The molecule has 5 heterocycles. The first-order valence-electron chi connectivity index (χ1n) is 10.8. The van der Waals surface area contributed by atoms with E-state index in [0.717, 1.165) is 72.1 Å². The summed E-state index contributed by atoms with van der Waals surface area (Å²) in [6.45, 7) is 10.2. The van der Waals surface area contributed by atoms with Crippen molar-refractivity contribution >= 4 is 23.2 Å². The third-order valence-corrected chi connectivity index (χ3v) is 7.55. The molecular weight excluding hydrogens is 412 g/mol. The lowest BCUT2D eigenvalue weighted by Gasteiger charge is -2.56. The van der Waals surface area contributed by atoms with Crippen LogP contribution in [0.4, 0.5) is 0 Å². The Morgan fingerprint density at radius 2 is 1.97 bits per heavy atom. The Kier molecular flexibility index (Phi) is 4.19. The van der Waals surface area contributed by atoms with E-state index in [1.807, 2.05) is 41.5 Å². The van der Waals surface area contributed by atoms with Gasteiger partial charge >= 0.3 is 0 Å². The predicted octanol–water partition coefficient (Wildman–Crippen LogP) is 2.56. The zero-order valence-electron chi connectivity index (χ0n) is 17.8. The van der Waals surface area contributed by atoms with E-state index in [-0.39, 0.29) is 5.91 Å². The van der Waals surface area contributed by atoms with Gasteiger partial charge < -0.3 is 10.2 Å². The lowest BCUT2D eigenvalue weighted by molar-refractivity contribution is -0.0445. The monoisotopic (exact) mass is 436 g/mol. The molecule has 2 aromatic heterocycles. The highest BCUT2D eigenvalue weighted by molar-refractivity contribution is 6.31. The largest absolute Gasteiger partial charge is 0.328 e. The molecule has 0 bridgehead atoms. The van der Waals surface area contributed by atoms with Gasteiger partial charge in [0, 0.05) is 49.3 Å². The van der Waals surface area contributed by atoms with Gasteiger partial charge in [-0.2, -0.15) is 5.10 Å². The molecule has 1 amide bonds. The first-order chi connectivity index (χ1) is 14.9. The van der Waals surface area contributed by atoms with Crippen LogP contribution in [0.5, 0.6) is 0 Å². The highest BCUT2D eigenvalue weighted by Crippen LogP contribution is 2.36. The molecule has 160 valence electrons. The van der Waals surface area contributed by atoms with Crippen molar-refractivity contribution in [2.75, 3.05) is 26.2 Å². The Bertz CT molecular complexity index is 1220. The summed E-state index contributed by atoms with van der Waals surface area (Å²) in [6.07, 6.45) is 0. The van der Waals surface area contributed by atoms with Gasteiger partial charge in [-0.1, -0.05) is 29.8 Å².